The number of hydrogen-bond acceptors (Lipinski definition) is 6. The number of fused-ring (bicyclic) bond motifs is 2. The number of thioether (sulfide) groups is 1. The fourth-order valence-corrected chi connectivity index (χ4v) is 5.43. The largest absolute Gasteiger partial charge is 0.354 e. The first-order valence-corrected chi connectivity index (χ1v) is 11.9. The van der Waals surface area contributed by atoms with Gasteiger partial charge in [-0.1, -0.05) is 11.8 Å². The quantitative estimate of drug-likeness (QED) is 0.557. The zero-order valence-corrected chi connectivity index (χ0v) is 18.6. The van der Waals surface area contributed by atoms with Gasteiger partial charge in [-0.05, 0) is 49.6 Å². The number of aromatic nitrogens is 4. The number of aryl methyl sites for hydroxylation is 1. The van der Waals surface area contributed by atoms with E-state index in [2.05, 4.69) is 15.4 Å². The highest BCUT2D eigenvalue weighted by Crippen LogP contribution is 2.33. The predicted octanol–water partition coefficient (Wildman–Crippen LogP) is 1.95. The molecule has 5 rings (SSSR count). The van der Waals surface area contributed by atoms with Crippen molar-refractivity contribution in [2.45, 2.75) is 43.4 Å². The van der Waals surface area contributed by atoms with Crippen LogP contribution in [0.2, 0.25) is 0 Å². The van der Waals surface area contributed by atoms with E-state index >= 15 is 0 Å². The highest BCUT2D eigenvalue weighted by Gasteiger charge is 2.31. The third-order valence-corrected chi connectivity index (χ3v) is 7.04. The van der Waals surface area contributed by atoms with Crippen molar-refractivity contribution in [3.63, 3.8) is 0 Å². The van der Waals surface area contributed by atoms with Gasteiger partial charge in [0.2, 0.25) is 5.91 Å². The lowest BCUT2D eigenvalue weighted by Gasteiger charge is -2.14. The van der Waals surface area contributed by atoms with E-state index in [1.807, 2.05) is 0 Å². The van der Waals surface area contributed by atoms with Crippen LogP contribution in [0.1, 0.15) is 30.1 Å². The molecule has 8 nitrogen and oxygen atoms in total. The lowest BCUT2D eigenvalue weighted by Crippen LogP contribution is -2.35. The molecule has 1 aliphatic carbocycles. The van der Waals surface area contributed by atoms with Crippen molar-refractivity contribution in [3.8, 4) is 11.3 Å². The third kappa shape index (κ3) is 4.35. The predicted molar refractivity (Wildman–Crippen MR) is 122 cm³/mol. The van der Waals surface area contributed by atoms with Gasteiger partial charge >= 0.3 is 0 Å². The number of hydrogen-bond donors (Lipinski definition) is 1. The van der Waals surface area contributed by atoms with Crippen molar-refractivity contribution in [2.24, 2.45) is 0 Å². The summed E-state index contributed by atoms with van der Waals surface area (Å²) in [5, 5.41) is 7.84. The topological polar surface area (TPSA) is 98.9 Å². The number of carbonyl (C=O) groups is 1. The second-order valence-electron chi connectivity index (χ2n) is 8.15. The van der Waals surface area contributed by atoms with E-state index in [9.17, 15) is 18.8 Å². The molecule has 0 fully saturated rings. The fraction of sp³-hybridized carbons (Fsp3) is 0.348. The minimum absolute atomic E-state index is 0.0105. The van der Waals surface area contributed by atoms with Crippen molar-refractivity contribution in [1.82, 2.24) is 24.6 Å². The van der Waals surface area contributed by atoms with Gasteiger partial charge < -0.3 is 5.32 Å². The normalized spacial score (nSPS) is 16.5. The van der Waals surface area contributed by atoms with Gasteiger partial charge in [0.1, 0.15) is 5.82 Å². The summed E-state index contributed by atoms with van der Waals surface area (Å²) in [7, 11) is 0. The summed E-state index contributed by atoms with van der Waals surface area (Å²) in [5.74, 6) is 0.100. The first kappa shape index (κ1) is 21.6. The zero-order valence-electron chi connectivity index (χ0n) is 17.8. The van der Waals surface area contributed by atoms with Gasteiger partial charge in [-0.3, -0.25) is 19.0 Å². The Labute approximate surface area is 192 Å². The first-order valence-electron chi connectivity index (χ1n) is 10.9. The van der Waals surface area contributed by atoms with Gasteiger partial charge in [-0.2, -0.15) is 5.10 Å². The molecule has 3 aromatic rings. The molecule has 1 N–H and O–H groups in total. The van der Waals surface area contributed by atoms with E-state index in [1.54, 1.807) is 22.8 Å². The number of nitrogens with zero attached hydrogens (tertiary/aromatic N) is 4. The van der Waals surface area contributed by atoms with Crippen LogP contribution in [0.5, 0.6) is 0 Å². The molecule has 3 heterocycles. The Morgan fingerprint density at radius 3 is 2.79 bits per heavy atom. The highest BCUT2D eigenvalue weighted by molar-refractivity contribution is 7.99. The summed E-state index contributed by atoms with van der Waals surface area (Å²) in [6, 6.07) is 8.62. The molecular formula is C23H22FN5O3S. The molecule has 0 bridgehead atoms. The SMILES string of the molecule is O=C(CC1CSc2nc3c(c(=O)n21)CCC3)NCCn1nc(-c2ccc(F)cc2)ccc1=O. The van der Waals surface area contributed by atoms with E-state index in [1.165, 1.54) is 34.6 Å². The van der Waals surface area contributed by atoms with Crippen molar-refractivity contribution in [1.29, 1.82) is 0 Å². The minimum atomic E-state index is -0.347. The molecule has 10 heteroatoms. The summed E-state index contributed by atoms with van der Waals surface area (Å²) >= 11 is 1.51. The molecule has 0 radical (unpaired) electrons. The zero-order chi connectivity index (χ0) is 22.9. The Morgan fingerprint density at radius 1 is 1.15 bits per heavy atom. The van der Waals surface area contributed by atoms with Crippen LogP contribution in [0.15, 0.2) is 51.1 Å². The Morgan fingerprint density at radius 2 is 1.97 bits per heavy atom. The maximum absolute atomic E-state index is 13.2. The molecule has 0 saturated carbocycles. The van der Waals surface area contributed by atoms with E-state index < -0.39 is 0 Å². The van der Waals surface area contributed by atoms with Crippen molar-refractivity contribution >= 4 is 17.7 Å². The monoisotopic (exact) mass is 467 g/mol. The van der Waals surface area contributed by atoms with Gasteiger partial charge in [0.05, 0.1) is 24.0 Å². The summed E-state index contributed by atoms with van der Waals surface area (Å²) in [5.41, 5.74) is 2.63. The molecule has 1 aromatic carbocycles. The van der Waals surface area contributed by atoms with Gasteiger partial charge in [0.25, 0.3) is 11.1 Å². The first-order chi connectivity index (χ1) is 16.0. The second kappa shape index (κ2) is 8.93. The fourth-order valence-electron chi connectivity index (χ4n) is 4.27. The van der Waals surface area contributed by atoms with Crippen molar-refractivity contribution in [2.75, 3.05) is 12.3 Å². The van der Waals surface area contributed by atoms with Gasteiger partial charge in [0, 0.05) is 35.9 Å². The van der Waals surface area contributed by atoms with E-state index in [4.69, 9.17) is 0 Å². The van der Waals surface area contributed by atoms with E-state index in [-0.39, 0.29) is 48.4 Å². The van der Waals surface area contributed by atoms with E-state index in [0.717, 1.165) is 30.5 Å². The van der Waals surface area contributed by atoms with Crippen LogP contribution >= 0.6 is 11.8 Å². The Bertz CT molecular complexity index is 1340. The van der Waals surface area contributed by atoms with Crippen LogP contribution in [0.4, 0.5) is 4.39 Å². The Kier molecular flexibility index (Phi) is 5.84. The molecule has 1 unspecified atom stereocenters. The summed E-state index contributed by atoms with van der Waals surface area (Å²) in [4.78, 5) is 42.2. The molecule has 2 aromatic heterocycles. The lowest BCUT2D eigenvalue weighted by atomic mass is 10.1. The molecule has 170 valence electrons. The summed E-state index contributed by atoms with van der Waals surface area (Å²) in [6.07, 6.45) is 2.73. The average molecular weight is 468 g/mol. The molecule has 33 heavy (non-hydrogen) atoms. The summed E-state index contributed by atoms with van der Waals surface area (Å²) < 4.78 is 16.1. The molecule has 1 aliphatic heterocycles. The summed E-state index contributed by atoms with van der Waals surface area (Å²) in [6.45, 7) is 0.424. The smallest absolute Gasteiger partial charge is 0.266 e. The van der Waals surface area contributed by atoms with Crippen LogP contribution in [-0.4, -0.2) is 37.5 Å². The van der Waals surface area contributed by atoms with Crippen LogP contribution < -0.4 is 16.4 Å². The van der Waals surface area contributed by atoms with Crippen molar-refractivity contribution < 1.29 is 9.18 Å². The molecular weight excluding hydrogens is 445 g/mol. The van der Waals surface area contributed by atoms with Gasteiger partial charge in [0.15, 0.2) is 5.16 Å². The Hall–Kier alpha value is -3.27. The van der Waals surface area contributed by atoms with Crippen LogP contribution in [-0.2, 0) is 24.2 Å². The maximum Gasteiger partial charge on any atom is 0.266 e. The van der Waals surface area contributed by atoms with Crippen LogP contribution in [0.25, 0.3) is 11.3 Å². The number of halogens is 1. The highest BCUT2D eigenvalue weighted by atomic mass is 32.2. The maximum atomic E-state index is 13.2. The molecule has 1 amide bonds. The van der Waals surface area contributed by atoms with Crippen LogP contribution in [0, 0.1) is 5.82 Å². The molecule has 0 saturated heterocycles. The van der Waals surface area contributed by atoms with Crippen molar-refractivity contribution in [3.05, 3.63) is 74.2 Å². The lowest BCUT2D eigenvalue weighted by molar-refractivity contribution is -0.121. The molecule has 1 atom stereocenters. The Balaban J connectivity index is 1.21. The van der Waals surface area contributed by atoms with Gasteiger partial charge in [-0.25, -0.2) is 14.1 Å². The second-order valence-corrected chi connectivity index (χ2v) is 9.14. The molecule has 0 spiro atoms. The third-order valence-electron chi connectivity index (χ3n) is 5.95. The van der Waals surface area contributed by atoms with Crippen LogP contribution in [0.3, 0.4) is 0 Å². The minimum Gasteiger partial charge on any atom is -0.354 e. The number of nitrogens with one attached hydrogen (secondary N) is 1. The van der Waals surface area contributed by atoms with E-state index in [0.29, 0.717) is 22.2 Å². The molecule has 2 aliphatic rings. The number of carbonyl (C=O) groups excluding carboxylic acids is 1. The average Bonchev–Trinajstić information content (AvgIpc) is 3.43. The number of amides is 1. The number of rotatable bonds is 6. The van der Waals surface area contributed by atoms with Gasteiger partial charge in [-0.15, -0.1) is 0 Å². The number of benzene rings is 1. The standard InChI is InChI=1S/C23H22FN5O3S/c24-15-6-4-14(5-7-15)18-8-9-21(31)28(27-18)11-10-25-20(30)12-16-13-33-23-26-19-3-1-2-17(19)22(32)29(16)23/h4-9,16H,1-3,10-13H2,(H,25,30).